The highest BCUT2D eigenvalue weighted by molar-refractivity contribution is 5.80. The number of hydrogen-bond donors (Lipinski definition) is 3. The van der Waals surface area contributed by atoms with Crippen LogP contribution < -0.4 is 5.32 Å². The highest BCUT2D eigenvalue weighted by atomic mass is 16.5. The van der Waals surface area contributed by atoms with Crippen LogP contribution >= 0.6 is 0 Å². The Kier molecular flexibility index (Phi) is 10.8. The lowest BCUT2D eigenvalue weighted by Gasteiger charge is -2.50. The van der Waals surface area contributed by atoms with Gasteiger partial charge in [-0.3, -0.25) is 4.79 Å². The summed E-state index contributed by atoms with van der Waals surface area (Å²) in [7, 11) is 2.19. The number of amides is 1. The number of carbonyl (C=O) groups excluding carboxylic acids is 1. The maximum absolute atomic E-state index is 14.1. The highest BCUT2D eigenvalue weighted by Crippen LogP contribution is 2.40. The first-order chi connectivity index (χ1) is 20.4. The number of likely N-dealkylation sites (tertiary alicyclic amines) is 2. The third-order valence-electron chi connectivity index (χ3n) is 11.5. The molecule has 6 aliphatic rings. The number of aliphatic hydroxyl groups is 2. The van der Waals surface area contributed by atoms with E-state index in [-0.39, 0.29) is 18.4 Å². The number of aliphatic hydroxyl groups excluding tert-OH is 2. The molecular weight excluding hydrogens is 534 g/mol. The van der Waals surface area contributed by atoms with Crippen LogP contribution in [0.4, 0.5) is 0 Å². The Bertz CT molecular complexity index is 859. The molecule has 0 spiro atoms. The molecule has 8 unspecified atom stereocenters. The van der Waals surface area contributed by atoms with E-state index in [0.29, 0.717) is 49.0 Å². The van der Waals surface area contributed by atoms with E-state index in [9.17, 15) is 15.0 Å². The second kappa shape index (κ2) is 14.5. The lowest BCUT2D eigenvalue weighted by atomic mass is 9.70. The molecule has 9 heteroatoms. The molecule has 3 aliphatic heterocycles. The molecule has 3 saturated carbocycles. The van der Waals surface area contributed by atoms with Gasteiger partial charge in [-0.2, -0.15) is 0 Å². The predicted octanol–water partition coefficient (Wildman–Crippen LogP) is 2.57. The van der Waals surface area contributed by atoms with E-state index in [0.717, 1.165) is 77.9 Å². The molecule has 0 bridgehead atoms. The van der Waals surface area contributed by atoms with Crippen molar-refractivity contribution in [1.82, 2.24) is 15.1 Å². The third-order valence-corrected chi connectivity index (χ3v) is 11.5. The van der Waals surface area contributed by atoms with Gasteiger partial charge in [0, 0.05) is 64.3 Å². The predicted molar refractivity (Wildman–Crippen MR) is 160 cm³/mol. The summed E-state index contributed by atoms with van der Waals surface area (Å²) in [4.78, 5) is 18.6. The van der Waals surface area contributed by atoms with Gasteiger partial charge in [-0.15, -0.1) is 0 Å². The van der Waals surface area contributed by atoms with Crippen molar-refractivity contribution in [2.24, 2.45) is 23.7 Å². The first-order valence-corrected chi connectivity index (χ1v) is 17.4. The average molecular weight is 592 g/mol. The molecule has 0 radical (unpaired) electrons. The number of rotatable bonds is 8. The molecule has 9 nitrogen and oxygen atoms in total. The molecule has 0 aromatic heterocycles. The number of hydrogen-bond acceptors (Lipinski definition) is 8. The summed E-state index contributed by atoms with van der Waals surface area (Å²) in [5.41, 5.74) is 0. The first-order valence-electron chi connectivity index (χ1n) is 17.4. The topological polar surface area (TPSA) is 104 Å². The van der Waals surface area contributed by atoms with Gasteiger partial charge in [0.05, 0.1) is 43.0 Å². The Morgan fingerprint density at radius 2 is 1.74 bits per heavy atom. The minimum Gasteiger partial charge on any atom is -0.393 e. The quantitative estimate of drug-likeness (QED) is 0.396. The molecule has 0 aromatic carbocycles. The smallest absolute Gasteiger partial charge is 0.230 e. The molecule has 9 atom stereocenters. The summed E-state index contributed by atoms with van der Waals surface area (Å²) in [6.07, 6.45) is 11.8. The van der Waals surface area contributed by atoms with Crippen molar-refractivity contribution < 1.29 is 29.2 Å². The Labute approximate surface area is 253 Å². The first kappa shape index (κ1) is 31.2. The molecular formula is C33H57N3O6. The second-order valence-corrected chi connectivity index (χ2v) is 14.7. The maximum Gasteiger partial charge on any atom is 0.230 e. The van der Waals surface area contributed by atoms with E-state index in [1.165, 1.54) is 32.1 Å². The normalized spacial score (nSPS) is 41.1. The van der Waals surface area contributed by atoms with Crippen LogP contribution in [0.25, 0.3) is 0 Å². The zero-order valence-corrected chi connectivity index (χ0v) is 25.9. The monoisotopic (exact) mass is 591 g/mol. The van der Waals surface area contributed by atoms with E-state index in [2.05, 4.69) is 17.3 Å². The number of carbonyl (C=O) groups is 1. The molecule has 1 amide bonds. The van der Waals surface area contributed by atoms with Crippen molar-refractivity contribution in [2.45, 2.75) is 126 Å². The van der Waals surface area contributed by atoms with Gasteiger partial charge in [0.2, 0.25) is 5.91 Å². The Hall–Kier alpha value is -0.810. The molecule has 0 aromatic rings. The third kappa shape index (κ3) is 7.69. The van der Waals surface area contributed by atoms with Crippen molar-refractivity contribution in [3.05, 3.63) is 0 Å². The Morgan fingerprint density at radius 3 is 2.50 bits per heavy atom. The summed E-state index contributed by atoms with van der Waals surface area (Å²) in [6, 6.07) is 0.654. The summed E-state index contributed by atoms with van der Waals surface area (Å²) in [5, 5.41) is 25.5. The molecule has 6 rings (SSSR count). The number of piperidine rings is 2. The van der Waals surface area contributed by atoms with Crippen LogP contribution in [0.1, 0.15) is 83.5 Å². The van der Waals surface area contributed by atoms with Crippen LogP contribution in [0, 0.1) is 23.7 Å². The van der Waals surface area contributed by atoms with Crippen LogP contribution in [0.15, 0.2) is 0 Å². The molecule has 6 fully saturated rings. The van der Waals surface area contributed by atoms with E-state index < -0.39 is 24.2 Å². The summed E-state index contributed by atoms with van der Waals surface area (Å²) in [6.45, 7) is 5.86. The van der Waals surface area contributed by atoms with Crippen LogP contribution in [0.5, 0.6) is 0 Å². The van der Waals surface area contributed by atoms with Crippen molar-refractivity contribution in [1.29, 1.82) is 0 Å². The number of ether oxygens (including phenoxy) is 3. The van der Waals surface area contributed by atoms with E-state index in [4.69, 9.17) is 14.2 Å². The van der Waals surface area contributed by atoms with Crippen LogP contribution in [-0.4, -0.2) is 122 Å². The number of fused-ring (bicyclic) bond motifs is 1. The zero-order chi connectivity index (χ0) is 29.1. The minimum atomic E-state index is -0.862. The van der Waals surface area contributed by atoms with E-state index in [1.54, 1.807) is 0 Å². The van der Waals surface area contributed by atoms with Crippen molar-refractivity contribution in [3.63, 3.8) is 0 Å². The Morgan fingerprint density at radius 1 is 0.929 bits per heavy atom. The Balaban J connectivity index is 1.11. The molecule has 3 aliphatic carbocycles. The summed E-state index contributed by atoms with van der Waals surface area (Å²) < 4.78 is 18.8. The van der Waals surface area contributed by atoms with Gasteiger partial charge in [-0.1, -0.05) is 19.3 Å². The lowest BCUT2D eigenvalue weighted by Crippen LogP contribution is -2.60. The highest BCUT2D eigenvalue weighted by Gasteiger charge is 2.48. The summed E-state index contributed by atoms with van der Waals surface area (Å²) in [5.74, 6) is 0.852. The molecule has 3 heterocycles. The number of nitrogens with one attached hydrogen (secondary N) is 1. The van der Waals surface area contributed by atoms with Gasteiger partial charge < -0.3 is 39.5 Å². The standard InChI is InChI=1S/C33H57N3O6/c1-35-11-8-26(9-12-35)42-27-15-23-7-13-36(19-28(23)29(18-27)34-24-10-14-40-21-24)33(39)32-30(38)16-25(37)17-31(32)41-20-22-5-3-2-4-6-22/h22-32,34,37-38H,2-21H2,1H3/t23?,24-,25?,27?,28?,29?,30?,31?,32?/m0/s1. The van der Waals surface area contributed by atoms with Gasteiger partial charge in [0.15, 0.2) is 0 Å². The van der Waals surface area contributed by atoms with Gasteiger partial charge >= 0.3 is 0 Å². The van der Waals surface area contributed by atoms with E-state index in [1.807, 2.05) is 4.90 Å². The van der Waals surface area contributed by atoms with Crippen LogP contribution in [0.3, 0.4) is 0 Å². The van der Waals surface area contributed by atoms with Crippen LogP contribution in [-0.2, 0) is 19.0 Å². The number of nitrogens with zero attached hydrogens (tertiary/aromatic N) is 2. The van der Waals surface area contributed by atoms with Gasteiger partial charge in [0.1, 0.15) is 0 Å². The van der Waals surface area contributed by atoms with Crippen molar-refractivity contribution in [2.75, 3.05) is 53.0 Å². The molecule has 240 valence electrons. The fourth-order valence-corrected chi connectivity index (χ4v) is 9.04. The molecule has 3 saturated heterocycles. The van der Waals surface area contributed by atoms with Gasteiger partial charge in [0.25, 0.3) is 0 Å². The van der Waals surface area contributed by atoms with E-state index >= 15 is 0 Å². The minimum absolute atomic E-state index is 0.0224. The van der Waals surface area contributed by atoms with Crippen LogP contribution in [0.2, 0.25) is 0 Å². The zero-order valence-electron chi connectivity index (χ0n) is 25.9. The summed E-state index contributed by atoms with van der Waals surface area (Å²) >= 11 is 0. The van der Waals surface area contributed by atoms with Crippen molar-refractivity contribution in [3.8, 4) is 0 Å². The SMILES string of the molecule is CN1CCC(OC2CC3CCN(C(=O)C4C(O)CC(O)CC4OCC4CCCCC4)CC3C(N[C@H]3CCOC3)C2)CC1. The fraction of sp³-hybridized carbons (Fsp3) is 0.970. The average Bonchev–Trinajstić information content (AvgIpc) is 3.50. The van der Waals surface area contributed by atoms with Gasteiger partial charge in [-0.25, -0.2) is 0 Å². The lowest BCUT2D eigenvalue weighted by molar-refractivity contribution is -0.163. The molecule has 3 N–H and O–H groups in total. The fourth-order valence-electron chi connectivity index (χ4n) is 9.04. The van der Waals surface area contributed by atoms with Gasteiger partial charge in [-0.05, 0) is 76.2 Å². The van der Waals surface area contributed by atoms with Crippen molar-refractivity contribution >= 4 is 5.91 Å². The molecule has 42 heavy (non-hydrogen) atoms. The maximum atomic E-state index is 14.1. The largest absolute Gasteiger partial charge is 0.393 e. The second-order valence-electron chi connectivity index (χ2n) is 14.7.